The molecule has 0 aromatic heterocycles. The van der Waals surface area contributed by atoms with E-state index in [0.29, 0.717) is 6.42 Å². The fourth-order valence-electron chi connectivity index (χ4n) is 2.67. The van der Waals surface area contributed by atoms with Crippen LogP contribution in [0, 0.1) is 0 Å². The van der Waals surface area contributed by atoms with Gasteiger partial charge in [-0.15, -0.1) is 0 Å². The molecule has 23 heavy (non-hydrogen) atoms. The molecule has 0 aliphatic carbocycles. The molecule has 0 saturated heterocycles. The van der Waals surface area contributed by atoms with Gasteiger partial charge in [-0.2, -0.15) is 5.10 Å². The highest BCUT2D eigenvalue weighted by Gasteiger charge is 1.99. The summed E-state index contributed by atoms with van der Waals surface area (Å²) in [4.78, 5) is 11.6. The summed E-state index contributed by atoms with van der Waals surface area (Å²) in [6.45, 7) is 4.48. The summed E-state index contributed by atoms with van der Waals surface area (Å²) in [5.74, 6) is 0.0650. The van der Waals surface area contributed by atoms with Crippen LogP contribution in [-0.4, -0.2) is 12.1 Å². The first kappa shape index (κ1) is 22.1. The number of carbonyl (C=O) groups is 1. The average Bonchev–Trinajstić information content (AvgIpc) is 2.56. The Hall–Kier alpha value is -0.860. The van der Waals surface area contributed by atoms with Crippen LogP contribution in [0.5, 0.6) is 0 Å². The summed E-state index contributed by atoms with van der Waals surface area (Å²) in [7, 11) is 0. The van der Waals surface area contributed by atoms with Gasteiger partial charge >= 0.3 is 0 Å². The molecule has 1 N–H and O–H groups in total. The van der Waals surface area contributed by atoms with E-state index in [1.165, 1.54) is 83.5 Å². The second kappa shape index (κ2) is 19.2. The minimum absolute atomic E-state index is 0.0650. The zero-order valence-electron chi connectivity index (χ0n) is 15.7. The SMILES string of the molecule is CCCCCCC/C=N\NC(=O)CCCCCCCCCCC. The smallest absolute Gasteiger partial charge is 0.240 e. The molecule has 0 fully saturated rings. The van der Waals surface area contributed by atoms with Crippen LogP contribution in [-0.2, 0) is 4.79 Å². The van der Waals surface area contributed by atoms with Gasteiger partial charge in [0.25, 0.3) is 0 Å². The van der Waals surface area contributed by atoms with Crippen molar-refractivity contribution >= 4 is 12.1 Å². The number of unbranched alkanes of at least 4 members (excludes halogenated alkanes) is 13. The van der Waals surface area contributed by atoms with Crippen LogP contribution in [0.15, 0.2) is 5.10 Å². The van der Waals surface area contributed by atoms with Crippen LogP contribution in [0.2, 0.25) is 0 Å². The van der Waals surface area contributed by atoms with E-state index >= 15 is 0 Å². The lowest BCUT2D eigenvalue weighted by atomic mass is 10.1. The van der Waals surface area contributed by atoms with E-state index < -0.39 is 0 Å². The highest BCUT2D eigenvalue weighted by Crippen LogP contribution is 2.10. The molecule has 3 nitrogen and oxygen atoms in total. The van der Waals surface area contributed by atoms with Crippen molar-refractivity contribution < 1.29 is 4.79 Å². The molecule has 0 aromatic rings. The first-order valence-corrected chi connectivity index (χ1v) is 10.1. The normalized spacial score (nSPS) is 11.2. The summed E-state index contributed by atoms with van der Waals surface area (Å²) < 4.78 is 0. The van der Waals surface area contributed by atoms with E-state index in [2.05, 4.69) is 24.4 Å². The molecule has 3 heteroatoms. The molecule has 0 spiro atoms. The van der Waals surface area contributed by atoms with Crippen molar-refractivity contribution in [2.24, 2.45) is 5.10 Å². The lowest BCUT2D eigenvalue weighted by molar-refractivity contribution is -0.121. The quantitative estimate of drug-likeness (QED) is 0.188. The highest BCUT2D eigenvalue weighted by molar-refractivity contribution is 5.76. The number of carbonyl (C=O) groups excluding carboxylic acids is 1. The molecule has 0 atom stereocenters. The van der Waals surface area contributed by atoms with E-state index in [0.717, 1.165) is 12.8 Å². The maximum Gasteiger partial charge on any atom is 0.240 e. The Morgan fingerprint density at radius 1 is 0.739 bits per heavy atom. The van der Waals surface area contributed by atoms with Crippen molar-refractivity contribution in [2.45, 2.75) is 117 Å². The van der Waals surface area contributed by atoms with E-state index in [4.69, 9.17) is 0 Å². The largest absolute Gasteiger partial charge is 0.273 e. The Morgan fingerprint density at radius 2 is 1.22 bits per heavy atom. The van der Waals surface area contributed by atoms with E-state index in [-0.39, 0.29) is 5.91 Å². The third-order valence-electron chi connectivity index (χ3n) is 4.22. The number of hydrazone groups is 1. The number of rotatable bonds is 17. The predicted octanol–water partition coefficient (Wildman–Crippen LogP) is 6.37. The van der Waals surface area contributed by atoms with Crippen molar-refractivity contribution in [3.8, 4) is 0 Å². The van der Waals surface area contributed by atoms with Crippen molar-refractivity contribution in [3.63, 3.8) is 0 Å². The van der Waals surface area contributed by atoms with Crippen molar-refractivity contribution in [2.75, 3.05) is 0 Å². The Labute approximate surface area is 144 Å². The molecule has 0 aliphatic heterocycles. The van der Waals surface area contributed by atoms with Gasteiger partial charge < -0.3 is 0 Å². The molecule has 0 rings (SSSR count). The summed E-state index contributed by atoms with van der Waals surface area (Å²) in [6, 6.07) is 0. The number of hydrogen-bond donors (Lipinski definition) is 1. The molecule has 0 unspecified atom stereocenters. The maximum absolute atomic E-state index is 11.6. The number of amides is 1. The summed E-state index contributed by atoms with van der Waals surface area (Å²) in [6.07, 6.45) is 21.4. The van der Waals surface area contributed by atoms with Gasteiger partial charge in [0.2, 0.25) is 5.91 Å². The lowest BCUT2D eigenvalue weighted by Crippen LogP contribution is -2.16. The van der Waals surface area contributed by atoms with Crippen LogP contribution in [0.4, 0.5) is 0 Å². The Kier molecular flexibility index (Phi) is 18.5. The van der Waals surface area contributed by atoms with E-state index in [1.807, 2.05) is 6.21 Å². The van der Waals surface area contributed by atoms with Gasteiger partial charge in [-0.3, -0.25) is 4.79 Å². The molecule has 136 valence electrons. The number of nitrogens with one attached hydrogen (secondary N) is 1. The first-order chi connectivity index (χ1) is 11.3. The van der Waals surface area contributed by atoms with Gasteiger partial charge in [-0.05, 0) is 19.3 Å². The minimum Gasteiger partial charge on any atom is -0.273 e. The number of nitrogens with zero attached hydrogens (tertiary/aromatic N) is 1. The Balaban J connectivity index is 3.24. The van der Waals surface area contributed by atoms with Crippen LogP contribution < -0.4 is 5.43 Å². The van der Waals surface area contributed by atoms with Crippen molar-refractivity contribution in [3.05, 3.63) is 0 Å². The Morgan fingerprint density at radius 3 is 1.78 bits per heavy atom. The van der Waals surface area contributed by atoms with Gasteiger partial charge in [-0.25, -0.2) is 5.43 Å². The molecule has 0 bridgehead atoms. The molecule has 0 aliphatic rings. The lowest BCUT2D eigenvalue weighted by Gasteiger charge is -2.02. The van der Waals surface area contributed by atoms with Gasteiger partial charge in [0.05, 0.1) is 0 Å². The zero-order valence-corrected chi connectivity index (χ0v) is 15.7. The van der Waals surface area contributed by atoms with Crippen molar-refractivity contribution in [1.29, 1.82) is 0 Å². The summed E-state index contributed by atoms with van der Waals surface area (Å²) in [5, 5.41) is 4.02. The maximum atomic E-state index is 11.6. The minimum atomic E-state index is 0.0650. The zero-order chi connectivity index (χ0) is 17.0. The average molecular weight is 325 g/mol. The monoisotopic (exact) mass is 324 g/mol. The summed E-state index contributed by atoms with van der Waals surface area (Å²) >= 11 is 0. The molecular weight excluding hydrogens is 284 g/mol. The van der Waals surface area contributed by atoms with E-state index in [1.54, 1.807) is 0 Å². The third kappa shape index (κ3) is 19.1. The number of hydrogen-bond acceptors (Lipinski definition) is 2. The second-order valence-electron chi connectivity index (χ2n) is 6.63. The van der Waals surface area contributed by atoms with Crippen LogP contribution in [0.3, 0.4) is 0 Å². The standard InChI is InChI=1S/C20H40N2O/c1-3-5-7-9-11-12-13-14-16-18-20(23)22-21-19-17-15-10-8-6-4-2/h19H,3-18H2,1-2H3,(H,22,23)/b21-19-. The van der Waals surface area contributed by atoms with Crippen LogP contribution >= 0.6 is 0 Å². The molecule has 0 radical (unpaired) electrons. The first-order valence-electron chi connectivity index (χ1n) is 10.1. The van der Waals surface area contributed by atoms with Gasteiger partial charge in [-0.1, -0.05) is 90.9 Å². The molecule has 0 saturated carbocycles. The topological polar surface area (TPSA) is 41.5 Å². The van der Waals surface area contributed by atoms with Gasteiger partial charge in [0, 0.05) is 12.6 Å². The Bertz CT molecular complexity index is 277. The fourth-order valence-corrected chi connectivity index (χ4v) is 2.67. The second-order valence-corrected chi connectivity index (χ2v) is 6.63. The van der Waals surface area contributed by atoms with Gasteiger partial charge in [0.15, 0.2) is 0 Å². The van der Waals surface area contributed by atoms with E-state index in [9.17, 15) is 4.79 Å². The molecule has 0 heterocycles. The third-order valence-corrected chi connectivity index (χ3v) is 4.22. The molecule has 1 amide bonds. The fraction of sp³-hybridized carbons (Fsp3) is 0.900. The van der Waals surface area contributed by atoms with Gasteiger partial charge in [0.1, 0.15) is 0 Å². The molecular formula is C20H40N2O. The van der Waals surface area contributed by atoms with Crippen LogP contribution in [0.1, 0.15) is 117 Å². The van der Waals surface area contributed by atoms with Crippen LogP contribution in [0.25, 0.3) is 0 Å². The highest BCUT2D eigenvalue weighted by atomic mass is 16.2. The predicted molar refractivity (Wildman–Crippen MR) is 102 cm³/mol. The summed E-state index contributed by atoms with van der Waals surface area (Å²) in [5.41, 5.74) is 2.64. The molecule has 0 aromatic carbocycles. The van der Waals surface area contributed by atoms with Crippen molar-refractivity contribution in [1.82, 2.24) is 5.43 Å².